The zero-order valence-corrected chi connectivity index (χ0v) is 14.9. The molecule has 0 radical (unpaired) electrons. The maximum absolute atomic E-state index is 12.6. The zero-order valence-electron chi connectivity index (χ0n) is 14.1. The molecule has 0 unspecified atom stereocenters. The lowest BCUT2D eigenvalue weighted by Crippen LogP contribution is -2.60. The number of ether oxygens (including phenoxy) is 2. The molecule has 2 heterocycles. The molecule has 1 aromatic carbocycles. The summed E-state index contributed by atoms with van der Waals surface area (Å²) in [6, 6.07) is 5.35. The van der Waals surface area contributed by atoms with Crippen LogP contribution in [0.15, 0.2) is 18.2 Å². The number of aliphatic hydroxyl groups excluding tert-OH is 4. The van der Waals surface area contributed by atoms with Crippen LogP contribution in [0, 0.1) is 0 Å². The molecule has 2 aliphatic heterocycles. The summed E-state index contributed by atoms with van der Waals surface area (Å²) in [6.45, 7) is 2.70. The van der Waals surface area contributed by atoms with Gasteiger partial charge in [-0.05, 0) is 37.6 Å². The fraction of sp³-hybridized carbons (Fsp3) is 0.588. The smallest absolute Gasteiger partial charge is 0.339 e. The fourth-order valence-electron chi connectivity index (χ4n) is 3.33. The molecule has 0 aliphatic carbocycles. The van der Waals surface area contributed by atoms with Crippen molar-refractivity contribution in [2.75, 3.05) is 13.1 Å². The Balaban J connectivity index is 1.86. The second kappa shape index (κ2) is 7.40. The first-order valence-electron chi connectivity index (χ1n) is 8.33. The average Bonchev–Trinajstić information content (AvgIpc) is 2.75. The van der Waals surface area contributed by atoms with Gasteiger partial charge in [0.1, 0.15) is 23.9 Å². The van der Waals surface area contributed by atoms with Crippen LogP contribution in [-0.4, -0.2) is 70.2 Å². The van der Waals surface area contributed by atoms with Gasteiger partial charge in [-0.15, -0.1) is 0 Å². The van der Waals surface area contributed by atoms with Gasteiger partial charge in [0.05, 0.1) is 0 Å². The normalized spacial score (nSPS) is 37.5. The number of esters is 1. The van der Waals surface area contributed by atoms with E-state index in [1.807, 2.05) is 6.07 Å². The molecular weight excluding hydrogens is 366 g/mol. The van der Waals surface area contributed by atoms with E-state index in [4.69, 9.17) is 21.1 Å². The van der Waals surface area contributed by atoms with Gasteiger partial charge < -0.3 is 35.2 Å². The predicted molar refractivity (Wildman–Crippen MR) is 90.4 cm³/mol. The summed E-state index contributed by atoms with van der Waals surface area (Å²) in [7, 11) is 0. The minimum atomic E-state index is -1.81. The fourth-order valence-corrected chi connectivity index (χ4v) is 3.50. The molecule has 1 saturated heterocycles. The topological polar surface area (TPSA) is 128 Å². The van der Waals surface area contributed by atoms with Crippen molar-refractivity contribution >= 4 is 17.6 Å². The van der Waals surface area contributed by atoms with Crippen LogP contribution >= 0.6 is 11.6 Å². The molecule has 6 atom stereocenters. The van der Waals surface area contributed by atoms with Crippen molar-refractivity contribution in [2.45, 2.75) is 49.7 Å². The minimum absolute atomic E-state index is 0.308. The number of halogens is 1. The first kappa shape index (κ1) is 19.5. The van der Waals surface area contributed by atoms with Gasteiger partial charge in [0, 0.05) is 17.1 Å². The van der Waals surface area contributed by atoms with Crippen LogP contribution in [0.1, 0.15) is 18.1 Å². The van der Waals surface area contributed by atoms with Crippen molar-refractivity contribution in [3.05, 3.63) is 34.3 Å². The maximum Gasteiger partial charge on any atom is 0.339 e. The van der Waals surface area contributed by atoms with Gasteiger partial charge in [-0.25, -0.2) is 4.79 Å². The van der Waals surface area contributed by atoms with E-state index in [0.717, 1.165) is 17.5 Å². The lowest BCUT2D eigenvalue weighted by atomic mass is 9.90. The number of carbonyl (C=O) groups excluding carboxylic acids is 1. The average molecular weight is 388 g/mol. The van der Waals surface area contributed by atoms with Crippen molar-refractivity contribution in [3.63, 3.8) is 0 Å². The van der Waals surface area contributed by atoms with Gasteiger partial charge in [0.15, 0.2) is 12.4 Å². The Labute approximate surface area is 155 Å². The molecule has 8 nitrogen and oxygen atoms in total. The molecule has 3 rings (SSSR count). The Morgan fingerprint density at radius 3 is 2.73 bits per heavy atom. The molecule has 0 bridgehead atoms. The van der Waals surface area contributed by atoms with Gasteiger partial charge in [-0.3, -0.25) is 0 Å². The summed E-state index contributed by atoms with van der Waals surface area (Å²) in [5.74, 6) is -0.959. The minimum Gasteiger partial charge on any atom is -0.451 e. The number of carbonyl (C=O) groups is 1. The number of aliphatic hydroxyl groups is 4. The van der Waals surface area contributed by atoms with E-state index >= 15 is 0 Å². The molecule has 1 fully saturated rings. The molecule has 0 saturated carbocycles. The summed E-state index contributed by atoms with van der Waals surface area (Å²) in [5.41, 5.74) is 0.605. The molecule has 2 aliphatic rings. The van der Waals surface area contributed by atoms with E-state index in [1.165, 1.54) is 0 Å². The largest absolute Gasteiger partial charge is 0.451 e. The molecule has 26 heavy (non-hydrogen) atoms. The number of benzene rings is 1. The second-order valence-corrected chi connectivity index (χ2v) is 7.24. The Morgan fingerprint density at radius 2 is 2.00 bits per heavy atom. The standard InChI is InChI=1S/C17H22ClNO7/c1-17(7-19-5-4-8-2-3-9(18)6-10(8)17)26-16(24)14-12(21)11(20)13(22)15(23)25-14/h2-3,6,11-15,19-23H,4-5,7H2,1H3/t11-,12-,13+,14-,15+,17+/m0/s1. The predicted octanol–water partition coefficient (Wildman–Crippen LogP) is -0.956. The van der Waals surface area contributed by atoms with E-state index < -0.39 is 42.3 Å². The van der Waals surface area contributed by atoms with Crippen LogP contribution in [0.5, 0.6) is 0 Å². The van der Waals surface area contributed by atoms with Crippen LogP contribution < -0.4 is 5.32 Å². The van der Waals surface area contributed by atoms with E-state index in [-0.39, 0.29) is 0 Å². The summed E-state index contributed by atoms with van der Waals surface area (Å²) in [4.78, 5) is 12.6. The van der Waals surface area contributed by atoms with E-state index in [9.17, 15) is 25.2 Å². The summed E-state index contributed by atoms with van der Waals surface area (Å²) in [6.07, 6.45) is -7.91. The van der Waals surface area contributed by atoms with E-state index in [2.05, 4.69) is 5.32 Å². The molecule has 0 aromatic heterocycles. The van der Waals surface area contributed by atoms with Crippen LogP contribution in [0.25, 0.3) is 0 Å². The number of hydrogen-bond acceptors (Lipinski definition) is 8. The Kier molecular flexibility index (Phi) is 5.55. The first-order chi connectivity index (χ1) is 12.2. The SMILES string of the molecule is C[C@@]1(OC(=O)[C@H]2O[C@@H](O)[C@H](O)[C@@H](O)[C@@H]2O)CNCCc2ccc(Cl)cc21. The first-order valence-corrected chi connectivity index (χ1v) is 8.71. The van der Waals surface area contributed by atoms with Crippen LogP contribution in [0.2, 0.25) is 5.02 Å². The summed E-state index contributed by atoms with van der Waals surface area (Å²) >= 11 is 6.10. The molecule has 1 aromatic rings. The molecule has 144 valence electrons. The zero-order chi connectivity index (χ0) is 19.1. The van der Waals surface area contributed by atoms with Crippen LogP contribution in [0.3, 0.4) is 0 Å². The number of nitrogens with one attached hydrogen (secondary N) is 1. The van der Waals surface area contributed by atoms with Crippen molar-refractivity contribution in [2.24, 2.45) is 0 Å². The van der Waals surface area contributed by atoms with Gasteiger partial charge in [-0.1, -0.05) is 17.7 Å². The highest BCUT2D eigenvalue weighted by Gasteiger charge is 2.48. The molecule has 0 amide bonds. The lowest BCUT2D eigenvalue weighted by molar-refractivity contribution is -0.283. The van der Waals surface area contributed by atoms with Crippen molar-refractivity contribution in [1.29, 1.82) is 0 Å². The quantitative estimate of drug-likeness (QED) is 0.411. The highest BCUT2D eigenvalue weighted by molar-refractivity contribution is 6.30. The van der Waals surface area contributed by atoms with Crippen molar-refractivity contribution in [1.82, 2.24) is 5.32 Å². The Bertz CT molecular complexity index is 687. The highest BCUT2D eigenvalue weighted by Crippen LogP contribution is 2.33. The van der Waals surface area contributed by atoms with Gasteiger partial charge >= 0.3 is 5.97 Å². The maximum atomic E-state index is 12.6. The van der Waals surface area contributed by atoms with E-state index in [1.54, 1.807) is 19.1 Å². The summed E-state index contributed by atoms with van der Waals surface area (Å²) < 4.78 is 10.6. The summed E-state index contributed by atoms with van der Waals surface area (Å²) in [5, 5.41) is 42.6. The van der Waals surface area contributed by atoms with Crippen LogP contribution in [0.4, 0.5) is 0 Å². The number of hydrogen-bond donors (Lipinski definition) is 5. The molecule has 0 spiro atoms. The Hall–Kier alpha value is -1.26. The number of rotatable bonds is 2. The number of fused-ring (bicyclic) bond motifs is 1. The van der Waals surface area contributed by atoms with Gasteiger partial charge in [0.2, 0.25) is 0 Å². The third-order valence-electron chi connectivity index (χ3n) is 4.82. The Morgan fingerprint density at radius 1 is 1.27 bits per heavy atom. The second-order valence-electron chi connectivity index (χ2n) is 6.80. The monoisotopic (exact) mass is 387 g/mol. The van der Waals surface area contributed by atoms with Gasteiger partial charge in [0.25, 0.3) is 0 Å². The van der Waals surface area contributed by atoms with Crippen molar-refractivity contribution in [3.8, 4) is 0 Å². The highest BCUT2D eigenvalue weighted by atomic mass is 35.5. The molecule has 9 heteroatoms. The van der Waals surface area contributed by atoms with Crippen LogP contribution in [-0.2, 0) is 26.3 Å². The van der Waals surface area contributed by atoms with Gasteiger partial charge in [-0.2, -0.15) is 0 Å². The van der Waals surface area contributed by atoms with Crippen molar-refractivity contribution < 1.29 is 34.7 Å². The molecule has 5 N–H and O–H groups in total. The third-order valence-corrected chi connectivity index (χ3v) is 5.06. The van der Waals surface area contributed by atoms with E-state index in [0.29, 0.717) is 18.1 Å². The third kappa shape index (κ3) is 3.59. The molecular formula is C17H22ClNO7. The lowest BCUT2D eigenvalue weighted by Gasteiger charge is -2.39.